The Morgan fingerprint density at radius 2 is 2.12 bits per heavy atom. The van der Waals surface area contributed by atoms with Crippen molar-refractivity contribution >= 4 is 17.7 Å². The van der Waals surface area contributed by atoms with Crippen LogP contribution in [0.15, 0.2) is 11.1 Å². The molecule has 0 saturated heterocycles. The van der Waals surface area contributed by atoms with Gasteiger partial charge in [0, 0.05) is 18.5 Å². The maximum Gasteiger partial charge on any atom is 0.223 e. The molecule has 1 aromatic heterocycles. The first-order chi connectivity index (χ1) is 7.78. The van der Waals surface area contributed by atoms with Crippen molar-refractivity contribution in [1.29, 1.82) is 0 Å². The third-order valence-corrected chi connectivity index (χ3v) is 4.14. The Bertz CT molecular complexity index is 348. The van der Waals surface area contributed by atoms with Crippen LogP contribution in [0, 0.1) is 12.8 Å². The highest BCUT2D eigenvalue weighted by molar-refractivity contribution is 7.99. The molecule has 0 spiro atoms. The molecule has 0 aromatic carbocycles. The molecule has 1 fully saturated rings. The van der Waals surface area contributed by atoms with Crippen molar-refractivity contribution in [3.8, 4) is 0 Å². The summed E-state index contributed by atoms with van der Waals surface area (Å²) < 4.78 is 0. The summed E-state index contributed by atoms with van der Waals surface area (Å²) in [4.78, 5) is 8.75. The van der Waals surface area contributed by atoms with E-state index in [9.17, 15) is 0 Å². The molecule has 88 valence electrons. The monoisotopic (exact) mass is 237 g/mol. The summed E-state index contributed by atoms with van der Waals surface area (Å²) in [6.07, 6.45) is 5.62. The summed E-state index contributed by atoms with van der Waals surface area (Å²) in [5, 5.41) is 4.10. The van der Waals surface area contributed by atoms with Crippen LogP contribution in [0.1, 0.15) is 31.4 Å². The van der Waals surface area contributed by atoms with Gasteiger partial charge < -0.3 is 5.32 Å². The summed E-state index contributed by atoms with van der Waals surface area (Å²) >= 11 is 1.87. The van der Waals surface area contributed by atoms with Crippen LogP contribution in [0.25, 0.3) is 0 Å². The van der Waals surface area contributed by atoms with E-state index < -0.39 is 0 Å². The van der Waals surface area contributed by atoms with Crippen molar-refractivity contribution in [2.75, 3.05) is 18.1 Å². The second-order valence-electron chi connectivity index (χ2n) is 4.38. The highest BCUT2D eigenvalue weighted by atomic mass is 32.2. The Labute approximate surface area is 101 Å². The first-order valence-corrected chi connectivity index (χ1v) is 6.92. The van der Waals surface area contributed by atoms with Gasteiger partial charge in [0.05, 0.1) is 0 Å². The lowest BCUT2D eigenvalue weighted by atomic mass is 10.1. The van der Waals surface area contributed by atoms with Crippen LogP contribution in [0.3, 0.4) is 0 Å². The summed E-state index contributed by atoms with van der Waals surface area (Å²) in [5.74, 6) is 2.84. The quantitative estimate of drug-likeness (QED) is 0.645. The Balaban J connectivity index is 1.94. The molecule has 0 unspecified atom stereocenters. The molecule has 0 atom stereocenters. The van der Waals surface area contributed by atoms with Crippen LogP contribution >= 0.6 is 11.8 Å². The van der Waals surface area contributed by atoms with Crippen molar-refractivity contribution < 1.29 is 0 Å². The first-order valence-electron chi connectivity index (χ1n) is 5.94. The van der Waals surface area contributed by atoms with Crippen molar-refractivity contribution in [2.45, 2.75) is 37.6 Å². The second-order valence-corrected chi connectivity index (χ2v) is 5.42. The number of hydrogen-bond donors (Lipinski definition) is 1. The lowest BCUT2D eigenvalue weighted by Gasteiger charge is -2.09. The Morgan fingerprint density at radius 1 is 1.38 bits per heavy atom. The van der Waals surface area contributed by atoms with Gasteiger partial charge in [-0.15, -0.1) is 11.8 Å². The standard InChI is InChI=1S/C12H19N3S/c1-9-7-11(15-12(13-2)14-9)16-8-10-5-3-4-6-10/h7,10H,3-6,8H2,1-2H3,(H,13,14,15). The molecular weight excluding hydrogens is 218 g/mol. The van der Waals surface area contributed by atoms with Gasteiger partial charge in [0.25, 0.3) is 0 Å². The van der Waals surface area contributed by atoms with Gasteiger partial charge in [0.1, 0.15) is 5.03 Å². The van der Waals surface area contributed by atoms with Gasteiger partial charge in [0.15, 0.2) is 0 Å². The van der Waals surface area contributed by atoms with Crippen molar-refractivity contribution in [2.24, 2.45) is 5.92 Å². The Kier molecular flexibility index (Phi) is 4.04. The minimum atomic E-state index is 0.730. The summed E-state index contributed by atoms with van der Waals surface area (Å²) in [7, 11) is 1.86. The maximum absolute atomic E-state index is 4.45. The fourth-order valence-electron chi connectivity index (χ4n) is 2.11. The largest absolute Gasteiger partial charge is 0.357 e. The zero-order chi connectivity index (χ0) is 11.4. The molecule has 1 aliphatic rings. The van der Waals surface area contributed by atoms with Crippen LogP contribution < -0.4 is 5.32 Å². The number of aromatic nitrogens is 2. The van der Waals surface area contributed by atoms with E-state index in [0.29, 0.717) is 0 Å². The molecule has 0 aliphatic heterocycles. The van der Waals surface area contributed by atoms with Crippen LogP contribution in [-0.2, 0) is 0 Å². The number of aryl methyl sites for hydroxylation is 1. The highest BCUT2D eigenvalue weighted by Crippen LogP contribution is 2.30. The lowest BCUT2D eigenvalue weighted by Crippen LogP contribution is -2.01. The SMILES string of the molecule is CNc1nc(C)cc(SCC2CCCC2)n1. The molecule has 1 N–H and O–H groups in total. The molecule has 1 aromatic rings. The topological polar surface area (TPSA) is 37.8 Å². The molecule has 0 radical (unpaired) electrons. The number of rotatable bonds is 4. The van der Waals surface area contributed by atoms with E-state index in [1.165, 1.54) is 31.4 Å². The van der Waals surface area contributed by atoms with E-state index in [1.54, 1.807) is 0 Å². The number of thioether (sulfide) groups is 1. The van der Waals surface area contributed by atoms with Gasteiger partial charge in [-0.3, -0.25) is 0 Å². The third-order valence-electron chi connectivity index (χ3n) is 3.00. The van der Waals surface area contributed by atoms with Crippen LogP contribution in [0.5, 0.6) is 0 Å². The van der Waals surface area contributed by atoms with Gasteiger partial charge in [-0.05, 0) is 31.7 Å². The van der Waals surface area contributed by atoms with Crippen LogP contribution in [0.2, 0.25) is 0 Å². The van der Waals surface area contributed by atoms with Crippen LogP contribution in [0.4, 0.5) is 5.95 Å². The van der Waals surface area contributed by atoms with Gasteiger partial charge >= 0.3 is 0 Å². The van der Waals surface area contributed by atoms with Gasteiger partial charge in [-0.25, -0.2) is 9.97 Å². The third kappa shape index (κ3) is 3.11. The summed E-state index contributed by atoms with van der Waals surface area (Å²) in [5.41, 5.74) is 1.04. The predicted octanol–water partition coefficient (Wildman–Crippen LogP) is 3.11. The fourth-order valence-corrected chi connectivity index (χ4v) is 3.25. The van der Waals surface area contributed by atoms with E-state index >= 15 is 0 Å². The predicted molar refractivity (Wildman–Crippen MR) is 69.0 cm³/mol. The van der Waals surface area contributed by atoms with E-state index in [2.05, 4.69) is 21.4 Å². The molecule has 3 nitrogen and oxygen atoms in total. The molecule has 0 amide bonds. The average molecular weight is 237 g/mol. The van der Waals surface area contributed by atoms with Crippen molar-refractivity contribution in [3.63, 3.8) is 0 Å². The molecule has 1 aliphatic carbocycles. The number of nitrogens with zero attached hydrogens (tertiary/aromatic N) is 2. The Morgan fingerprint density at radius 3 is 2.81 bits per heavy atom. The van der Waals surface area contributed by atoms with Gasteiger partial charge in [-0.1, -0.05) is 12.8 Å². The molecule has 1 heterocycles. The minimum Gasteiger partial charge on any atom is -0.357 e. The first kappa shape index (κ1) is 11.7. The highest BCUT2D eigenvalue weighted by Gasteiger charge is 2.15. The minimum absolute atomic E-state index is 0.730. The smallest absolute Gasteiger partial charge is 0.223 e. The molecule has 0 bridgehead atoms. The molecular formula is C12H19N3S. The number of hydrogen-bond acceptors (Lipinski definition) is 4. The van der Waals surface area contributed by atoms with Gasteiger partial charge in [0.2, 0.25) is 5.95 Å². The number of anilines is 1. The maximum atomic E-state index is 4.45. The molecule has 16 heavy (non-hydrogen) atoms. The van der Waals surface area contributed by atoms with E-state index in [1.807, 2.05) is 25.7 Å². The van der Waals surface area contributed by atoms with Crippen molar-refractivity contribution in [3.05, 3.63) is 11.8 Å². The lowest BCUT2D eigenvalue weighted by molar-refractivity contribution is 0.623. The zero-order valence-electron chi connectivity index (χ0n) is 9.99. The second kappa shape index (κ2) is 5.53. The van der Waals surface area contributed by atoms with E-state index in [0.717, 1.165) is 22.6 Å². The van der Waals surface area contributed by atoms with E-state index in [4.69, 9.17) is 0 Å². The zero-order valence-corrected chi connectivity index (χ0v) is 10.8. The number of nitrogens with one attached hydrogen (secondary N) is 1. The van der Waals surface area contributed by atoms with Crippen molar-refractivity contribution in [1.82, 2.24) is 9.97 Å². The normalized spacial score (nSPS) is 16.6. The van der Waals surface area contributed by atoms with Crippen LogP contribution in [-0.4, -0.2) is 22.8 Å². The molecule has 4 heteroatoms. The molecule has 1 saturated carbocycles. The average Bonchev–Trinajstić information content (AvgIpc) is 2.78. The Hall–Kier alpha value is -0.770. The fraction of sp³-hybridized carbons (Fsp3) is 0.667. The van der Waals surface area contributed by atoms with E-state index in [-0.39, 0.29) is 0 Å². The molecule has 2 rings (SSSR count). The summed E-state index contributed by atoms with van der Waals surface area (Å²) in [6.45, 7) is 2.02. The summed E-state index contributed by atoms with van der Waals surface area (Å²) in [6, 6.07) is 2.07. The van der Waals surface area contributed by atoms with Gasteiger partial charge in [-0.2, -0.15) is 0 Å².